The van der Waals surface area contributed by atoms with Gasteiger partial charge in [-0.15, -0.1) is 0 Å². The molecule has 5 rings (SSSR count). The lowest BCUT2D eigenvalue weighted by atomic mass is 9.87. The molecule has 2 aliphatic carbocycles. The minimum absolute atomic E-state index is 0.135. The monoisotopic (exact) mass is 500 g/mol. The van der Waals surface area contributed by atoms with E-state index in [-0.39, 0.29) is 17.8 Å². The van der Waals surface area contributed by atoms with Gasteiger partial charge in [-0.05, 0) is 114 Å². The lowest BCUT2D eigenvalue weighted by Gasteiger charge is -2.18. The number of fused-ring (bicyclic) bond motifs is 1. The minimum Gasteiger partial charge on any atom is -0.491 e. The molecular weight excluding hydrogens is 464 g/mol. The van der Waals surface area contributed by atoms with Crippen molar-refractivity contribution in [2.45, 2.75) is 59.0 Å². The number of methoxy groups -OCH3 is 1. The highest BCUT2D eigenvalue weighted by molar-refractivity contribution is 5.75. The summed E-state index contributed by atoms with van der Waals surface area (Å²) in [5, 5.41) is 9.41. The topological polar surface area (TPSA) is 65.0 Å². The molecule has 2 aliphatic rings. The summed E-state index contributed by atoms with van der Waals surface area (Å²) in [6.45, 7) is 8.00. The molecule has 5 nitrogen and oxygen atoms in total. The van der Waals surface area contributed by atoms with Crippen LogP contribution in [0.25, 0.3) is 11.1 Å². The smallest absolute Gasteiger partial charge is 0.303 e. The van der Waals surface area contributed by atoms with E-state index in [2.05, 4.69) is 63.2 Å². The standard InChI is InChI=1S/C32H36O5/c1-20-14-26(36-13-12-35-4)15-21(2)31(20)27-7-5-6-23(22(27)3)19-37-25-8-9-28-24(16-25)18-32(10-11-32)29(28)17-30(33)34/h5-9,14-16,29H,10-13,17-19H2,1-4H3,(H,33,34)/t29-/m1/s1. The molecule has 1 saturated carbocycles. The summed E-state index contributed by atoms with van der Waals surface area (Å²) in [5.41, 5.74) is 9.78. The first-order valence-corrected chi connectivity index (χ1v) is 13.1. The third-order valence-corrected chi connectivity index (χ3v) is 8.21. The predicted octanol–water partition coefficient (Wildman–Crippen LogP) is 6.78. The molecule has 0 saturated heterocycles. The van der Waals surface area contributed by atoms with Crippen molar-refractivity contribution >= 4 is 5.97 Å². The fourth-order valence-corrected chi connectivity index (χ4v) is 6.13. The number of aliphatic carboxylic acids is 1. The van der Waals surface area contributed by atoms with Crippen LogP contribution in [0.3, 0.4) is 0 Å². The number of hydrogen-bond donors (Lipinski definition) is 1. The quantitative estimate of drug-likeness (QED) is 0.311. The van der Waals surface area contributed by atoms with Crippen LogP contribution in [-0.4, -0.2) is 31.4 Å². The van der Waals surface area contributed by atoms with Gasteiger partial charge in [0.15, 0.2) is 0 Å². The SMILES string of the molecule is COCCOc1cc(C)c(-c2cccc(COc3ccc4c(c3)CC3(CC3)[C@@H]4CC(=O)O)c2C)c(C)c1. The zero-order valence-electron chi connectivity index (χ0n) is 22.2. The van der Waals surface area contributed by atoms with Crippen LogP contribution >= 0.6 is 0 Å². The van der Waals surface area contributed by atoms with Crippen molar-refractivity contribution in [1.29, 1.82) is 0 Å². The molecule has 1 atom stereocenters. The number of carboxylic acid groups (broad SMARTS) is 1. The van der Waals surface area contributed by atoms with Gasteiger partial charge in [-0.25, -0.2) is 0 Å². The zero-order chi connectivity index (χ0) is 26.2. The Morgan fingerprint density at radius 3 is 2.41 bits per heavy atom. The number of carboxylic acids is 1. The highest BCUT2D eigenvalue weighted by atomic mass is 16.5. The normalized spacial score (nSPS) is 17.0. The van der Waals surface area contributed by atoms with Crippen LogP contribution < -0.4 is 9.47 Å². The fourth-order valence-electron chi connectivity index (χ4n) is 6.13. The number of carbonyl (C=O) groups is 1. The maximum Gasteiger partial charge on any atom is 0.303 e. The summed E-state index contributed by atoms with van der Waals surface area (Å²) in [4.78, 5) is 11.4. The number of hydrogen-bond acceptors (Lipinski definition) is 4. The van der Waals surface area contributed by atoms with Crippen molar-refractivity contribution in [3.05, 3.63) is 81.9 Å². The summed E-state index contributed by atoms with van der Waals surface area (Å²) in [7, 11) is 1.67. The molecule has 0 aromatic heterocycles. The van der Waals surface area contributed by atoms with Gasteiger partial charge in [-0.1, -0.05) is 24.3 Å². The molecule has 0 amide bonds. The van der Waals surface area contributed by atoms with Crippen LogP contribution in [0.2, 0.25) is 0 Å². The number of aryl methyl sites for hydroxylation is 2. The molecular formula is C32H36O5. The third kappa shape index (κ3) is 5.10. The highest BCUT2D eigenvalue weighted by Gasteiger charge is 2.54. The highest BCUT2D eigenvalue weighted by Crippen LogP contribution is 2.64. The molecule has 5 heteroatoms. The van der Waals surface area contributed by atoms with Crippen LogP contribution in [0.1, 0.15) is 58.6 Å². The summed E-state index contributed by atoms with van der Waals surface area (Å²) in [5.74, 6) is 1.14. The van der Waals surface area contributed by atoms with E-state index in [9.17, 15) is 9.90 Å². The molecule has 3 aromatic carbocycles. The van der Waals surface area contributed by atoms with E-state index in [0.717, 1.165) is 36.3 Å². The van der Waals surface area contributed by atoms with Gasteiger partial charge >= 0.3 is 5.97 Å². The van der Waals surface area contributed by atoms with Gasteiger partial charge in [-0.3, -0.25) is 4.79 Å². The van der Waals surface area contributed by atoms with Crippen LogP contribution in [-0.2, 0) is 22.6 Å². The van der Waals surface area contributed by atoms with E-state index in [1.807, 2.05) is 6.07 Å². The molecule has 0 unspecified atom stereocenters. The van der Waals surface area contributed by atoms with Crippen molar-refractivity contribution in [2.75, 3.05) is 20.3 Å². The van der Waals surface area contributed by atoms with Gasteiger partial charge in [0.1, 0.15) is 24.7 Å². The van der Waals surface area contributed by atoms with Crippen LogP contribution in [0, 0.1) is 26.2 Å². The maximum absolute atomic E-state index is 11.4. The second-order valence-electron chi connectivity index (χ2n) is 10.7. The zero-order valence-corrected chi connectivity index (χ0v) is 22.2. The summed E-state index contributed by atoms with van der Waals surface area (Å²) in [6, 6.07) is 16.8. The van der Waals surface area contributed by atoms with E-state index >= 15 is 0 Å². The van der Waals surface area contributed by atoms with Crippen molar-refractivity contribution < 1.29 is 24.1 Å². The van der Waals surface area contributed by atoms with Crippen LogP contribution in [0.15, 0.2) is 48.5 Å². The second-order valence-corrected chi connectivity index (χ2v) is 10.7. The first-order chi connectivity index (χ1) is 17.8. The second kappa shape index (κ2) is 10.2. The maximum atomic E-state index is 11.4. The molecule has 3 aromatic rings. The predicted molar refractivity (Wildman–Crippen MR) is 145 cm³/mol. The van der Waals surface area contributed by atoms with E-state index in [1.165, 1.54) is 38.9 Å². The van der Waals surface area contributed by atoms with Gasteiger partial charge in [0.05, 0.1) is 13.0 Å². The molecule has 194 valence electrons. The Morgan fingerprint density at radius 2 is 1.73 bits per heavy atom. The summed E-state index contributed by atoms with van der Waals surface area (Å²) in [6.07, 6.45) is 3.44. The number of rotatable bonds is 10. The molecule has 0 radical (unpaired) electrons. The van der Waals surface area contributed by atoms with Crippen molar-refractivity contribution in [1.82, 2.24) is 0 Å². The number of benzene rings is 3. The van der Waals surface area contributed by atoms with Gasteiger partial charge in [0.25, 0.3) is 0 Å². The van der Waals surface area contributed by atoms with E-state index in [0.29, 0.717) is 19.8 Å². The molecule has 0 bridgehead atoms. The third-order valence-electron chi connectivity index (χ3n) is 8.21. The Morgan fingerprint density at radius 1 is 0.973 bits per heavy atom. The van der Waals surface area contributed by atoms with Gasteiger partial charge in [-0.2, -0.15) is 0 Å². The first-order valence-electron chi connectivity index (χ1n) is 13.1. The summed E-state index contributed by atoms with van der Waals surface area (Å²) < 4.78 is 17.2. The lowest BCUT2D eigenvalue weighted by Crippen LogP contribution is -2.13. The molecule has 0 aliphatic heterocycles. The van der Waals surface area contributed by atoms with Crippen molar-refractivity contribution in [3.8, 4) is 22.6 Å². The van der Waals surface area contributed by atoms with E-state index < -0.39 is 5.97 Å². The molecule has 1 fully saturated rings. The Bertz CT molecular complexity index is 1300. The largest absolute Gasteiger partial charge is 0.491 e. The van der Waals surface area contributed by atoms with E-state index in [4.69, 9.17) is 14.2 Å². The van der Waals surface area contributed by atoms with Crippen molar-refractivity contribution in [2.24, 2.45) is 5.41 Å². The number of ether oxygens (including phenoxy) is 3. The molecule has 0 heterocycles. The Labute approximate surface area is 219 Å². The average molecular weight is 501 g/mol. The van der Waals surface area contributed by atoms with Crippen LogP contribution in [0.4, 0.5) is 0 Å². The van der Waals surface area contributed by atoms with Gasteiger partial charge in [0.2, 0.25) is 0 Å². The van der Waals surface area contributed by atoms with Gasteiger partial charge < -0.3 is 19.3 Å². The Kier molecular flexibility index (Phi) is 7.00. The summed E-state index contributed by atoms with van der Waals surface area (Å²) >= 11 is 0. The lowest BCUT2D eigenvalue weighted by molar-refractivity contribution is -0.137. The Balaban J connectivity index is 1.33. The first kappa shape index (κ1) is 25.3. The minimum atomic E-state index is -0.710. The Hall–Kier alpha value is -3.31. The molecule has 1 spiro atoms. The van der Waals surface area contributed by atoms with Crippen molar-refractivity contribution in [3.63, 3.8) is 0 Å². The molecule has 37 heavy (non-hydrogen) atoms. The average Bonchev–Trinajstić information content (AvgIpc) is 3.56. The van der Waals surface area contributed by atoms with Gasteiger partial charge in [0, 0.05) is 13.0 Å². The van der Waals surface area contributed by atoms with Crippen LogP contribution in [0.5, 0.6) is 11.5 Å². The molecule has 1 N–H and O–H groups in total. The fraction of sp³-hybridized carbons (Fsp3) is 0.406. The van der Waals surface area contributed by atoms with E-state index in [1.54, 1.807) is 7.11 Å².